The molecule has 0 radical (unpaired) electrons. The van der Waals surface area contributed by atoms with Crippen LogP contribution < -0.4 is 4.74 Å². The van der Waals surface area contributed by atoms with E-state index in [1.54, 1.807) is 38.1 Å². The van der Waals surface area contributed by atoms with Crippen LogP contribution in [0.25, 0.3) is 0 Å². The molecule has 2 aromatic rings. The molecule has 7 nitrogen and oxygen atoms in total. The van der Waals surface area contributed by atoms with Gasteiger partial charge in [0, 0.05) is 16.8 Å². The standard InChI is InChI=1S/C19H19NO6/c1-11-18(13(3)22)12(2)20-19(11)16(23)9-26-17(24)10-25-15-6-4-14(8-21)5-7-15/h4-8,20H,9-10H2,1-3H3. The fraction of sp³-hybridized carbons (Fsp3) is 0.263. The third-order valence-corrected chi connectivity index (χ3v) is 3.81. The van der Waals surface area contributed by atoms with Crippen LogP contribution in [0.2, 0.25) is 0 Å². The second-order valence-electron chi connectivity index (χ2n) is 5.74. The first kappa shape index (κ1) is 19.1. The quantitative estimate of drug-likeness (QED) is 0.442. The van der Waals surface area contributed by atoms with Crippen LogP contribution in [0.3, 0.4) is 0 Å². The maximum Gasteiger partial charge on any atom is 0.344 e. The normalized spacial score (nSPS) is 10.3. The Labute approximate surface area is 150 Å². The second kappa shape index (κ2) is 8.24. The molecule has 1 heterocycles. The monoisotopic (exact) mass is 357 g/mol. The fourth-order valence-corrected chi connectivity index (χ4v) is 2.60. The van der Waals surface area contributed by atoms with Crippen molar-refractivity contribution < 1.29 is 28.7 Å². The van der Waals surface area contributed by atoms with Crippen LogP contribution in [0.4, 0.5) is 0 Å². The Kier molecular flexibility index (Phi) is 6.06. The van der Waals surface area contributed by atoms with Gasteiger partial charge in [-0.25, -0.2) is 4.79 Å². The number of carbonyl (C=O) groups is 4. The number of ether oxygens (including phenoxy) is 2. The highest BCUT2D eigenvalue weighted by atomic mass is 16.6. The van der Waals surface area contributed by atoms with Gasteiger partial charge in [0.15, 0.2) is 19.0 Å². The molecular weight excluding hydrogens is 338 g/mol. The van der Waals surface area contributed by atoms with Crippen molar-refractivity contribution in [3.05, 3.63) is 52.3 Å². The van der Waals surface area contributed by atoms with Crippen LogP contribution in [-0.4, -0.2) is 42.0 Å². The molecule has 0 unspecified atom stereocenters. The SMILES string of the molecule is CC(=O)c1c(C)[nH]c(C(=O)COC(=O)COc2ccc(C=O)cc2)c1C. The van der Waals surface area contributed by atoms with Gasteiger partial charge in [-0.05, 0) is 50.6 Å². The van der Waals surface area contributed by atoms with Gasteiger partial charge in [0.05, 0.1) is 5.69 Å². The number of esters is 1. The molecule has 0 spiro atoms. The van der Waals surface area contributed by atoms with Gasteiger partial charge in [0.25, 0.3) is 0 Å². The average molecular weight is 357 g/mol. The molecule has 0 saturated heterocycles. The molecule has 0 aliphatic carbocycles. The summed E-state index contributed by atoms with van der Waals surface area (Å²) in [6.45, 7) is 3.98. The van der Waals surface area contributed by atoms with Crippen LogP contribution in [0.5, 0.6) is 5.75 Å². The summed E-state index contributed by atoms with van der Waals surface area (Å²) >= 11 is 0. The molecule has 7 heteroatoms. The zero-order valence-electron chi connectivity index (χ0n) is 14.8. The Morgan fingerprint density at radius 1 is 1.08 bits per heavy atom. The number of nitrogens with one attached hydrogen (secondary N) is 1. The first-order valence-corrected chi connectivity index (χ1v) is 7.90. The van der Waals surface area contributed by atoms with E-state index in [2.05, 4.69) is 4.98 Å². The van der Waals surface area contributed by atoms with Gasteiger partial charge in [-0.1, -0.05) is 0 Å². The molecule has 0 fully saturated rings. The summed E-state index contributed by atoms with van der Waals surface area (Å²) in [6, 6.07) is 6.22. The topological polar surface area (TPSA) is 103 Å². The largest absolute Gasteiger partial charge is 0.482 e. The summed E-state index contributed by atoms with van der Waals surface area (Å²) in [5, 5.41) is 0. The van der Waals surface area contributed by atoms with E-state index in [1.165, 1.54) is 6.92 Å². The van der Waals surface area contributed by atoms with E-state index in [0.29, 0.717) is 34.4 Å². The number of aromatic amines is 1. The highest BCUT2D eigenvalue weighted by Crippen LogP contribution is 2.19. The maximum atomic E-state index is 12.2. The van der Waals surface area contributed by atoms with Crippen molar-refractivity contribution >= 4 is 23.8 Å². The molecule has 2 rings (SSSR count). The summed E-state index contributed by atoms with van der Waals surface area (Å²) in [6.07, 6.45) is 0.700. The maximum absolute atomic E-state index is 12.2. The smallest absolute Gasteiger partial charge is 0.344 e. The molecule has 0 aliphatic rings. The average Bonchev–Trinajstić information content (AvgIpc) is 2.92. The lowest BCUT2D eigenvalue weighted by atomic mass is 10.1. The minimum absolute atomic E-state index is 0.138. The minimum Gasteiger partial charge on any atom is -0.482 e. The predicted molar refractivity (Wildman–Crippen MR) is 92.9 cm³/mol. The Bertz CT molecular complexity index is 848. The van der Waals surface area contributed by atoms with E-state index >= 15 is 0 Å². The lowest BCUT2D eigenvalue weighted by molar-refractivity contribution is -0.144. The van der Waals surface area contributed by atoms with Crippen molar-refractivity contribution in [2.75, 3.05) is 13.2 Å². The Morgan fingerprint density at radius 2 is 1.73 bits per heavy atom. The molecule has 0 atom stereocenters. The molecule has 0 amide bonds. The molecule has 136 valence electrons. The number of aryl methyl sites for hydroxylation is 1. The summed E-state index contributed by atoms with van der Waals surface area (Å²) in [5.74, 6) is -0.866. The lowest BCUT2D eigenvalue weighted by Gasteiger charge is -2.07. The van der Waals surface area contributed by atoms with Crippen LogP contribution in [0, 0.1) is 13.8 Å². The van der Waals surface area contributed by atoms with Gasteiger partial charge in [0.2, 0.25) is 5.78 Å². The van der Waals surface area contributed by atoms with E-state index in [-0.39, 0.29) is 18.1 Å². The van der Waals surface area contributed by atoms with Crippen molar-refractivity contribution in [1.29, 1.82) is 0 Å². The number of hydrogen-bond donors (Lipinski definition) is 1. The van der Waals surface area contributed by atoms with Crippen LogP contribution in [0.1, 0.15) is 49.4 Å². The summed E-state index contributed by atoms with van der Waals surface area (Å²) in [5.41, 5.74) is 2.37. The van der Waals surface area contributed by atoms with Crippen LogP contribution >= 0.6 is 0 Å². The van der Waals surface area contributed by atoms with Crippen molar-refractivity contribution in [3.63, 3.8) is 0 Å². The number of rotatable bonds is 8. The second-order valence-corrected chi connectivity index (χ2v) is 5.74. The van der Waals surface area contributed by atoms with Crippen molar-refractivity contribution in [1.82, 2.24) is 4.98 Å². The molecule has 0 saturated carbocycles. The molecule has 0 aliphatic heterocycles. The molecule has 1 aromatic heterocycles. The number of benzene rings is 1. The van der Waals surface area contributed by atoms with Gasteiger partial charge in [-0.2, -0.15) is 0 Å². The first-order valence-electron chi connectivity index (χ1n) is 7.90. The van der Waals surface area contributed by atoms with E-state index in [4.69, 9.17) is 9.47 Å². The highest BCUT2D eigenvalue weighted by molar-refractivity contribution is 6.04. The van der Waals surface area contributed by atoms with E-state index < -0.39 is 18.4 Å². The van der Waals surface area contributed by atoms with Crippen LogP contribution in [-0.2, 0) is 9.53 Å². The number of aromatic nitrogens is 1. The molecule has 1 aromatic carbocycles. The third kappa shape index (κ3) is 4.44. The number of hydrogen-bond acceptors (Lipinski definition) is 6. The zero-order valence-corrected chi connectivity index (χ0v) is 14.8. The van der Waals surface area contributed by atoms with E-state index in [0.717, 1.165) is 0 Å². The van der Waals surface area contributed by atoms with Crippen molar-refractivity contribution in [3.8, 4) is 5.75 Å². The Morgan fingerprint density at radius 3 is 2.27 bits per heavy atom. The van der Waals surface area contributed by atoms with Gasteiger partial charge < -0.3 is 14.5 Å². The lowest BCUT2D eigenvalue weighted by Crippen LogP contribution is -2.20. The number of aldehydes is 1. The molecular formula is C19H19NO6. The highest BCUT2D eigenvalue weighted by Gasteiger charge is 2.20. The van der Waals surface area contributed by atoms with Crippen molar-refractivity contribution in [2.45, 2.75) is 20.8 Å². The van der Waals surface area contributed by atoms with Gasteiger partial charge >= 0.3 is 5.97 Å². The predicted octanol–water partition coefficient (Wildman–Crippen LogP) is 2.45. The van der Waals surface area contributed by atoms with E-state index in [9.17, 15) is 19.2 Å². The van der Waals surface area contributed by atoms with Gasteiger partial charge in [-0.3, -0.25) is 14.4 Å². The van der Waals surface area contributed by atoms with Crippen molar-refractivity contribution in [2.24, 2.45) is 0 Å². The number of carbonyl (C=O) groups excluding carboxylic acids is 4. The van der Waals surface area contributed by atoms with Gasteiger partial charge in [0.1, 0.15) is 12.0 Å². The first-order chi connectivity index (χ1) is 12.3. The summed E-state index contributed by atoms with van der Waals surface area (Å²) in [4.78, 5) is 49.0. The summed E-state index contributed by atoms with van der Waals surface area (Å²) in [7, 11) is 0. The molecule has 1 N–H and O–H groups in total. The fourth-order valence-electron chi connectivity index (χ4n) is 2.60. The number of Topliss-reactive ketones (excluding diaryl/α,β-unsaturated/α-hetero) is 2. The number of ketones is 2. The third-order valence-electron chi connectivity index (χ3n) is 3.81. The zero-order chi connectivity index (χ0) is 19.3. The Balaban J connectivity index is 1.88. The number of H-pyrrole nitrogens is 1. The minimum atomic E-state index is -0.703. The summed E-state index contributed by atoms with van der Waals surface area (Å²) < 4.78 is 10.1. The molecule has 26 heavy (non-hydrogen) atoms. The van der Waals surface area contributed by atoms with E-state index in [1.807, 2.05) is 0 Å². The molecule has 0 bridgehead atoms. The van der Waals surface area contributed by atoms with Crippen LogP contribution in [0.15, 0.2) is 24.3 Å². The Hall–Kier alpha value is -3.22. The van der Waals surface area contributed by atoms with Gasteiger partial charge in [-0.15, -0.1) is 0 Å².